The number of nitrogens with one attached hydrogen (secondary N) is 1. The highest BCUT2D eigenvalue weighted by atomic mass is 32.2. The molecule has 8 heteroatoms. The van der Waals surface area contributed by atoms with Crippen LogP contribution in [-0.4, -0.2) is 14.3 Å². The predicted octanol–water partition coefficient (Wildman–Crippen LogP) is 1.63. The molecule has 0 aliphatic carbocycles. The van der Waals surface area contributed by atoms with Crippen LogP contribution in [0.5, 0.6) is 0 Å². The Morgan fingerprint density at radius 1 is 1.12 bits per heavy atom. The van der Waals surface area contributed by atoms with Gasteiger partial charge in [0.05, 0.1) is 4.90 Å². The Hall–Kier alpha value is -3.13. The van der Waals surface area contributed by atoms with Gasteiger partial charge in [-0.1, -0.05) is 35.9 Å². The Labute approximate surface area is 143 Å². The van der Waals surface area contributed by atoms with E-state index in [-0.39, 0.29) is 16.0 Å². The van der Waals surface area contributed by atoms with E-state index in [1.807, 2.05) is 6.92 Å². The van der Waals surface area contributed by atoms with E-state index in [0.29, 0.717) is 11.0 Å². The van der Waals surface area contributed by atoms with Crippen molar-refractivity contribution < 1.29 is 17.6 Å². The number of benzene rings is 2. The first-order valence-corrected chi connectivity index (χ1v) is 8.80. The molecule has 0 aliphatic heterocycles. The van der Waals surface area contributed by atoms with Gasteiger partial charge < -0.3 is 10.2 Å². The zero-order chi connectivity index (χ0) is 18.0. The molecule has 0 aliphatic rings. The first-order valence-electron chi connectivity index (χ1n) is 7.32. The Morgan fingerprint density at radius 2 is 1.80 bits per heavy atom. The summed E-state index contributed by atoms with van der Waals surface area (Å²) >= 11 is 0. The van der Waals surface area contributed by atoms with Crippen molar-refractivity contribution in [2.24, 2.45) is 10.8 Å². The third-order valence-corrected chi connectivity index (χ3v) is 4.74. The predicted molar refractivity (Wildman–Crippen MR) is 91.8 cm³/mol. The lowest BCUT2D eigenvalue weighted by atomic mass is 10.2. The molecule has 25 heavy (non-hydrogen) atoms. The highest BCUT2D eigenvalue weighted by Gasteiger charge is 2.14. The van der Waals surface area contributed by atoms with Crippen LogP contribution >= 0.6 is 0 Å². The number of aryl methyl sites for hydroxylation is 1. The fraction of sp³-hybridized carbons (Fsp3) is 0.0588. The largest absolute Gasteiger partial charge is 0.436 e. The van der Waals surface area contributed by atoms with Crippen LogP contribution in [-0.2, 0) is 10.0 Å². The molecule has 0 atom stereocenters. The number of para-hydroxylation sites is 1. The molecule has 2 aromatic carbocycles. The van der Waals surface area contributed by atoms with Crippen LogP contribution in [0.1, 0.15) is 15.9 Å². The number of fused-ring (bicyclic) bond motifs is 1. The summed E-state index contributed by atoms with van der Waals surface area (Å²) in [6, 6.07) is 14.7. The number of nitrogens with two attached hydrogens (primary N) is 1. The van der Waals surface area contributed by atoms with Crippen LogP contribution in [0.3, 0.4) is 0 Å². The van der Waals surface area contributed by atoms with Crippen molar-refractivity contribution >= 4 is 26.9 Å². The molecule has 7 nitrogen and oxygen atoms in total. The van der Waals surface area contributed by atoms with Crippen molar-refractivity contribution in [3.63, 3.8) is 0 Å². The van der Waals surface area contributed by atoms with E-state index in [1.165, 1.54) is 18.2 Å². The molecular weight excluding hydrogens is 342 g/mol. The van der Waals surface area contributed by atoms with Gasteiger partial charge in [0.2, 0.25) is 5.55 Å². The monoisotopic (exact) mass is 357 g/mol. The molecule has 3 rings (SSSR count). The average molecular weight is 357 g/mol. The molecule has 0 saturated carbocycles. The van der Waals surface area contributed by atoms with Crippen molar-refractivity contribution in [3.8, 4) is 0 Å². The third kappa shape index (κ3) is 3.53. The van der Waals surface area contributed by atoms with Gasteiger partial charge in [-0.15, -0.1) is 5.10 Å². The maximum absolute atomic E-state index is 12.3. The van der Waals surface area contributed by atoms with Gasteiger partial charge in [0, 0.05) is 5.39 Å². The number of carbonyl (C=O) groups excluding carboxylic acids is 1. The fourth-order valence-electron chi connectivity index (χ4n) is 2.20. The Bertz CT molecular complexity index is 1120. The van der Waals surface area contributed by atoms with Crippen molar-refractivity contribution in [1.82, 2.24) is 4.83 Å². The lowest BCUT2D eigenvalue weighted by molar-refractivity contribution is 0.0996. The van der Waals surface area contributed by atoms with Crippen molar-refractivity contribution in [2.75, 3.05) is 0 Å². The van der Waals surface area contributed by atoms with E-state index < -0.39 is 15.9 Å². The normalized spacial score (nSPS) is 12.3. The van der Waals surface area contributed by atoms with Gasteiger partial charge in [0.1, 0.15) is 11.1 Å². The molecule has 1 heterocycles. The summed E-state index contributed by atoms with van der Waals surface area (Å²) in [6.07, 6.45) is 0. The highest BCUT2D eigenvalue weighted by Crippen LogP contribution is 2.13. The zero-order valence-corrected chi connectivity index (χ0v) is 14.1. The van der Waals surface area contributed by atoms with E-state index in [4.69, 9.17) is 10.2 Å². The van der Waals surface area contributed by atoms with Crippen LogP contribution < -0.4 is 16.1 Å². The smallest absolute Gasteiger partial charge is 0.276 e. The molecule has 1 aromatic heterocycles. The molecule has 0 fully saturated rings. The van der Waals surface area contributed by atoms with E-state index in [1.54, 1.807) is 36.4 Å². The number of primary amides is 1. The van der Waals surface area contributed by atoms with Crippen molar-refractivity contribution in [1.29, 1.82) is 0 Å². The fourth-order valence-corrected chi connectivity index (χ4v) is 3.00. The average Bonchev–Trinajstić information content (AvgIpc) is 2.59. The standard InChI is InChI=1S/C17H15N3O4S/c1-11-6-8-13(9-7-11)25(22,23)20-19-17-14(16(18)21)10-12-4-2-3-5-15(12)24-17/h2-10,20H,1H3,(H2,18,21)/b19-17-. The second-order valence-corrected chi connectivity index (χ2v) is 7.05. The lowest BCUT2D eigenvalue weighted by Gasteiger charge is -2.05. The van der Waals surface area contributed by atoms with Crippen LogP contribution in [0, 0.1) is 6.92 Å². The summed E-state index contributed by atoms with van der Waals surface area (Å²) < 4.78 is 30.1. The molecule has 0 saturated heterocycles. The van der Waals surface area contributed by atoms with Crippen molar-refractivity contribution in [2.45, 2.75) is 11.8 Å². The minimum absolute atomic E-state index is 0.0229. The molecule has 0 spiro atoms. The van der Waals surface area contributed by atoms with E-state index >= 15 is 0 Å². The Kier molecular flexibility index (Phi) is 4.28. The molecule has 0 radical (unpaired) electrons. The van der Waals surface area contributed by atoms with Gasteiger partial charge in [-0.3, -0.25) is 4.79 Å². The summed E-state index contributed by atoms with van der Waals surface area (Å²) in [7, 11) is -3.90. The SMILES string of the molecule is Cc1ccc(S(=O)(=O)N/N=c2\oc3ccccc3cc2C(N)=O)cc1. The molecule has 3 N–H and O–H groups in total. The zero-order valence-electron chi connectivity index (χ0n) is 13.3. The minimum Gasteiger partial charge on any atom is -0.436 e. The maximum atomic E-state index is 12.3. The molecule has 0 bridgehead atoms. The summed E-state index contributed by atoms with van der Waals surface area (Å²) in [5.74, 6) is -0.775. The minimum atomic E-state index is -3.90. The van der Waals surface area contributed by atoms with E-state index in [9.17, 15) is 13.2 Å². The number of amides is 1. The van der Waals surface area contributed by atoms with E-state index in [2.05, 4.69) is 9.93 Å². The summed E-state index contributed by atoms with van der Waals surface area (Å²) in [5.41, 5.74) is 6.48. The van der Waals surface area contributed by atoms with Crippen LogP contribution in [0.2, 0.25) is 0 Å². The van der Waals surface area contributed by atoms with Gasteiger partial charge >= 0.3 is 0 Å². The molecule has 1 amide bonds. The van der Waals surface area contributed by atoms with E-state index in [0.717, 1.165) is 5.56 Å². The second kappa shape index (κ2) is 6.40. The number of nitrogens with zero attached hydrogens (tertiary/aromatic N) is 1. The van der Waals surface area contributed by atoms with Gasteiger partial charge in [0.15, 0.2) is 0 Å². The first-order chi connectivity index (χ1) is 11.9. The number of rotatable bonds is 4. The summed E-state index contributed by atoms with van der Waals surface area (Å²) in [5, 5.41) is 4.39. The van der Waals surface area contributed by atoms with Gasteiger partial charge in [-0.2, -0.15) is 13.2 Å². The van der Waals surface area contributed by atoms with Crippen LogP contribution in [0.15, 0.2) is 69.0 Å². The highest BCUT2D eigenvalue weighted by molar-refractivity contribution is 7.89. The maximum Gasteiger partial charge on any atom is 0.276 e. The summed E-state index contributed by atoms with van der Waals surface area (Å²) in [4.78, 5) is 13.7. The van der Waals surface area contributed by atoms with Gasteiger partial charge in [-0.05, 0) is 31.2 Å². The van der Waals surface area contributed by atoms with Gasteiger partial charge in [-0.25, -0.2) is 0 Å². The number of carbonyl (C=O) groups is 1. The molecule has 0 unspecified atom stereocenters. The van der Waals surface area contributed by atoms with Crippen LogP contribution in [0.4, 0.5) is 0 Å². The first kappa shape index (κ1) is 16.7. The molecule has 128 valence electrons. The number of hydrogen-bond donors (Lipinski definition) is 2. The molecule has 3 aromatic rings. The third-order valence-electron chi connectivity index (χ3n) is 3.52. The van der Waals surface area contributed by atoms with Crippen LogP contribution in [0.25, 0.3) is 11.0 Å². The van der Waals surface area contributed by atoms with Crippen molar-refractivity contribution in [3.05, 3.63) is 71.3 Å². The lowest BCUT2D eigenvalue weighted by Crippen LogP contribution is -2.27. The number of hydrogen-bond acceptors (Lipinski definition) is 5. The second-order valence-electron chi connectivity index (χ2n) is 5.39. The van der Waals surface area contributed by atoms with Gasteiger partial charge in [0.25, 0.3) is 15.9 Å². The molecular formula is C17H15N3O4S. The topological polar surface area (TPSA) is 115 Å². The summed E-state index contributed by atoms with van der Waals surface area (Å²) in [6.45, 7) is 1.85. The Morgan fingerprint density at radius 3 is 2.48 bits per heavy atom. The number of sulfonamides is 1. The Balaban J connectivity index is 2.07. The quantitative estimate of drug-likeness (QED) is 0.691.